The van der Waals surface area contributed by atoms with E-state index in [-0.39, 0.29) is 30.9 Å². The van der Waals surface area contributed by atoms with Gasteiger partial charge < -0.3 is 20.2 Å². The van der Waals surface area contributed by atoms with Crippen LogP contribution in [0.2, 0.25) is 0 Å². The number of imide groups is 1. The molecule has 3 N–H and O–H groups in total. The van der Waals surface area contributed by atoms with Crippen molar-refractivity contribution < 1.29 is 19.5 Å². The lowest BCUT2D eigenvalue weighted by molar-refractivity contribution is -0.134. The zero-order chi connectivity index (χ0) is 44.2. The molecule has 1 unspecified atom stereocenters. The van der Waals surface area contributed by atoms with Crippen LogP contribution in [0.25, 0.3) is 38.9 Å². The Kier molecular flexibility index (Phi) is 13.0. The van der Waals surface area contributed by atoms with Crippen LogP contribution in [0.1, 0.15) is 55.0 Å². The van der Waals surface area contributed by atoms with Crippen molar-refractivity contribution in [3.05, 3.63) is 95.8 Å². The van der Waals surface area contributed by atoms with Gasteiger partial charge in [-0.05, 0) is 62.4 Å². The number of rotatable bonds is 15. The van der Waals surface area contributed by atoms with Gasteiger partial charge in [0.05, 0.1) is 47.4 Å². The predicted octanol–water partition coefficient (Wildman–Crippen LogP) is 4.86. The van der Waals surface area contributed by atoms with Crippen molar-refractivity contribution in [3.63, 3.8) is 0 Å². The third-order valence-corrected chi connectivity index (χ3v) is 13.2. The number of anilines is 2. The van der Waals surface area contributed by atoms with E-state index < -0.39 is 5.92 Å². The average Bonchev–Trinajstić information content (AvgIpc) is 3.84. The fourth-order valence-electron chi connectivity index (χ4n) is 9.72. The maximum absolute atomic E-state index is 13.3. The Hall–Kier alpha value is -6.16. The number of piperidine rings is 1. The molecule has 0 bridgehead atoms. The van der Waals surface area contributed by atoms with E-state index in [4.69, 9.17) is 10.1 Å². The molecule has 64 heavy (non-hydrogen) atoms. The summed E-state index contributed by atoms with van der Waals surface area (Å²) in [6, 6.07) is 27.2. The van der Waals surface area contributed by atoms with E-state index in [0.717, 1.165) is 128 Å². The Balaban J connectivity index is 0.770. The topological polar surface area (TPSA) is 156 Å². The van der Waals surface area contributed by atoms with Crippen LogP contribution in [-0.2, 0) is 27.9 Å². The molecular formula is C49H59N11O4. The van der Waals surface area contributed by atoms with Crippen molar-refractivity contribution in [2.24, 2.45) is 7.05 Å². The molecule has 3 aliphatic rings. The van der Waals surface area contributed by atoms with Gasteiger partial charge in [0.1, 0.15) is 5.82 Å². The minimum atomic E-state index is -0.481. The van der Waals surface area contributed by atoms with Gasteiger partial charge in [-0.1, -0.05) is 67.1 Å². The van der Waals surface area contributed by atoms with Crippen molar-refractivity contribution in [1.29, 1.82) is 0 Å². The van der Waals surface area contributed by atoms with Crippen LogP contribution in [0, 0.1) is 6.92 Å². The summed E-state index contributed by atoms with van der Waals surface area (Å²) in [5.41, 5.74) is 9.62. The van der Waals surface area contributed by atoms with Crippen molar-refractivity contribution in [1.82, 2.24) is 44.4 Å². The van der Waals surface area contributed by atoms with Crippen LogP contribution < -0.4 is 15.5 Å². The fraction of sp³-hybridized carbons (Fsp3) is 0.429. The largest absolute Gasteiger partial charge is 0.395 e. The minimum absolute atomic E-state index is 0.0619. The molecule has 3 aliphatic heterocycles. The van der Waals surface area contributed by atoms with Gasteiger partial charge in [-0.3, -0.25) is 34.2 Å². The molecule has 6 aromatic rings. The molecule has 15 heteroatoms. The SMILES string of the molecule is Cc1nn2c(N3CCN(CCO)CC3)cc(-c3cccc(CCCCCN4CCN(C(=O)CNc5cccc6c(C7CCC(=O)NC7=O)nn(C)c56)CC4)c3)nc2c1-c1ccccc1. The monoisotopic (exact) mass is 865 g/mol. The first kappa shape index (κ1) is 43.1. The van der Waals surface area contributed by atoms with Gasteiger partial charge >= 0.3 is 0 Å². The van der Waals surface area contributed by atoms with Crippen molar-refractivity contribution in [2.45, 2.75) is 51.4 Å². The number of nitrogens with one attached hydrogen (secondary N) is 2. The van der Waals surface area contributed by atoms with Gasteiger partial charge in [0.25, 0.3) is 0 Å². The normalized spacial score (nSPS) is 17.7. The summed E-state index contributed by atoms with van der Waals surface area (Å²) in [6.07, 6.45) is 5.06. The Morgan fingerprint density at radius 3 is 2.36 bits per heavy atom. The summed E-state index contributed by atoms with van der Waals surface area (Å²) >= 11 is 0. The quantitative estimate of drug-likeness (QED) is 0.0958. The van der Waals surface area contributed by atoms with Crippen LogP contribution in [0.3, 0.4) is 0 Å². The van der Waals surface area contributed by atoms with Crippen molar-refractivity contribution in [2.75, 3.05) is 88.8 Å². The average molecular weight is 866 g/mol. The molecule has 15 nitrogen and oxygen atoms in total. The Morgan fingerprint density at radius 2 is 1.58 bits per heavy atom. The number of unbranched alkanes of at least 4 members (excludes halogenated alkanes) is 2. The zero-order valence-electron chi connectivity index (χ0n) is 37.0. The van der Waals surface area contributed by atoms with Gasteiger partial charge in [-0.15, -0.1) is 0 Å². The van der Waals surface area contributed by atoms with E-state index in [1.165, 1.54) is 5.56 Å². The van der Waals surface area contributed by atoms with Gasteiger partial charge in [-0.25, -0.2) is 4.98 Å². The number of aromatic nitrogens is 5. The van der Waals surface area contributed by atoms with Crippen LogP contribution in [0.15, 0.2) is 78.9 Å². The number of para-hydroxylation sites is 1. The molecule has 3 amide bonds. The molecule has 1 atom stereocenters. The smallest absolute Gasteiger partial charge is 0.241 e. The number of hydrogen-bond acceptors (Lipinski definition) is 11. The number of nitrogens with zero attached hydrogens (tertiary/aromatic N) is 9. The third kappa shape index (κ3) is 9.24. The highest BCUT2D eigenvalue weighted by Crippen LogP contribution is 2.35. The number of hydrogen-bond donors (Lipinski definition) is 3. The Morgan fingerprint density at radius 1 is 0.828 bits per heavy atom. The van der Waals surface area contributed by atoms with Crippen LogP contribution >= 0.6 is 0 Å². The highest BCUT2D eigenvalue weighted by molar-refractivity contribution is 6.03. The maximum Gasteiger partial charge on any atom is 0.241 e. The van der Waals surface area contributed by atoms with Gasteiger partial charge in [0, 0.05) is 95.0 Å². The summed E-state index contributed by atoms with van der Waals surface area (Å²) < 4.78 is 3.78. The molecule has 6 heterocycles. The van der Waals surface area contributed by atoms with E-state index >= 15 is 0 Å². The first-order valence-corrected chi connectivity index (χ1v) is 22.9. The molecule has 0 saturated carbocycles. The number of carbonyl (C=O) groups is 3. The zero-order valence-corrected chi connectivity index (χ0v) is 37.0. The van der Waals surface area contributed by atoms with Crippen LogP contribution in [0.4, 0.5) is 11.5 Å². The molecule has 0 aliphatic carbocycles. The summed E-state index contributed by atoms with van der Waals surface area (Å²) in [4.78, 5) is 52.1. The Bertz CT molecular complexity index is 2630. The molecule has 3 saturated heterocycles. The van der Waals surface area contributed by atoms with E-state index in [1.54, 1.807) is 4.68 Å². The second kappa shape index (κ2) is 19.3. The lowest BCUT2D eigenvalue weighted by Gasteiger charge is -2.35. The second-order valence-electron chi connectivity index (χ2n) is 17.4. The van der Waals surface area contributed by atoms with Gasteiger partial charge in [0.15, 0.2) is 5.65 Å². The number of β-amino-alcohol motifs (C(OH)–C–C–N with tert-alkyl or cyclic N) is 1. The third-order valence-electron chi connectivity index (χ3n) is 13.2. The maximum atomic E-state index is 13.3. The number of fused-ring (bicyclic) bond motifs is 2. The molecule has 3 aromatic carbocycles. The number of aliphatic hydroxyl groups is 1. The number of benzene rings is 3. The molecular weight excluding hydrogens is 807 g/mol. The molecule has 334 valence electrons. The first-order valence-electron chi connectivity index (χ1n) is 22.9. The highest BCUT2D eigenvalue weighted by atomic mass is 16.3. The lowest BCUT2D eigenvalue weighted by Crippen LogP contribution is -2.50. The van der Waals surface area contributed by atoms with E-state index in [2.05, 4.69) is 92.0 Å². The summed E-state index contributed by atoms with van der Waals surface area (Å²) in [7, 11) is 1.84. The summed E-state index contributed by atoms with van der Waals surface area (Å²) in [6.45, 7) is 10.8. The number of carbonyl (C=O) groups excluding carboxylic acids is 3. The lowest BCUT2D eigenvalue weighted by atomic mass is 9.92. The first-order chi connectivity index (χ1) is 31.2. The number of aliphatic hydroxyl groups excluding tert-OH is 1. The van der Waals surface area contributed by atoms with Gasteiger partial charge in [-0.2, -0.15) is 14.7 Å². The van der Waals surface area contributed by atoms with Crippen LogP contribution in [-0.4, -0.2) is 141 Å². The number of amides is 3. The molecule has 3 aromatic heterocycles. The van der Waals surface area contributed by atoms with Crippen molar-refractivity contribution in [3.8, 4) is 22.4 Å². The number of aryl methyl sites for hydroxylation is 3. The van der Waals surface area contributed by atoms with Crippen molar-refractivity contribution >= 4 is 45.8 Å². The van der Waals surface area contributed by atoms with Crippen LogP contribution in [0.5, 0.6) is 0 Å². The second-order valence-corrected chi connectivity index (χ2v) is 17.4. The fourth-order valence-corrected chi connectivity index (χ4v) is 9.72. The standard InChI is InChI=1S/C49H59N11O4/c1-34-45(36-13-6-3-7-14-36)48-51-41(32-43(60(48)53-34)58-25-21-57(22-26-58)29-30-61)37-15-9-12-35(31-37)11-5-4-8-20-56-23-27-59(28-24-56)44(63)33-50-40-17-10-16-38-46(54-55(2)47(38)40)39-18-19-42(62)52-49(39)64/h3,6-7,9-10,12-17,31-32,39,50,61H,4-5,8,11,18-30,33H2,1-2H3,(H,52,62,64). The number of piperazine rings is 2. The molecule has 9 rings (SSSR count). The summed E-state index contributed by atoms with van der Waals surface area (Å²) in [5, 5.41) is 25.9. The van der Waals surface area contributed by atoms with E-state index in [1.807, 2.05) is 40.7 Å². The minimum Gasteiger partial charge on any atom is -0.395 e. The molecule has 3 fully saturated rings. The van der Waals surface area contributed by atoms with Gasteiger partial charge in [0.2, 0.25) is 17.7 Å². The van der Waals surface area contributed by atoms with E-state index in [9.17, 15) is 19.5 Å². The Labute approximate surface area is 374 Å². The summed E-state index contributed by atoms with van der Waals surface area (Å²) in [5.74, 6) is 0.0651. The molecule has 0 radical (unpaired) electrons. The van der Waals surface area contributed by atoms with E-state index in [0.29, 0.717) is 38.2 Å². The molecule has 0 spiro atoms. The predicted molar refractivity (Wildman–Crippen MR) is 249 cm³/mol. The highest BCUT2D eigenvalue weighted by Gasteiger charge is 2.32.